The molecule has 0 aromatic heterocycles. The molecular formula is C26H22ClN3O8. The number of nitro benzene ring substituents is 1. The molecule has 3 atom stereocenters. The summed E-state index contributed by atoms with van der Waals surface area (Å²) in [5.74, 6) is -1.15. The minimum Gasteiger partial charge on any atom is -0.493 e. The molecule has 12 heteroatoms. The molecule has 0 spiro atoms. The van der Waals surface area contributed by atoms with E-state index in [1.807, 2.05) is 0 Å². The highest BCUT2D eigenvalue weighted by Gasteiger charge is 2.61. The van der Waals surface area contributed by atoms with Crippen LogP contribution in [0.4, 0.5) is 17.1 Å². The van der Waals surface area contributed by atoms with Crippen molar-refractivity contribution in [2.45, 2.75) is 12.1 Å². The third kappa shape index (κ3) is 3.96. The lowest BCUT2D eigenvalue weighted by Crippen LogP contribution is -2.37. The number of benzene rings is 3. The molecule has 2 amide bonds. The number of carbonyl (C=O) groups is 2. The van der Waals surface area contributed by atoms with E-state index in [0.717, 1.165) is 4.90 Å². The standard InChI is InChI=1S/C26H22ClN3O8/c1-35-19-12-11-18(22(36-2)23(19)37-3)21-20-24(38-29(21)16-5-4-6-17(13-16)30(33)34)26(32)28(25(20)31)15-9-7-14(27)8-10-15/h4-13,20-21,24H,1-3H3/t20-,21+,24+/m1/s1. The maximum absolute atomic E-state index is 13.9. The van der Waals surface area contributed by atoms with E-state index in [0.29, 0.717) is 22.0 Å². The Bertz CT molecular complexity index is 1430. The second kappa shape index (κ2) is 9.84. The Kier molecular flexibility index (Phi) is 6.55. The van der Waals surface area contributed by atoms with E-state index in [4.69, 9.17) is 30.6 Å². The first-order valence-electron chi connectivity index (χ1n) is 11.4. The molecule has 2 saturated heterocycles. The molecule has 11 nitrogen and oxygen atoms in total. The molecule has 3 aromatic rings. The fourth-order valence-electron chi connectivity index (χ4n) is 4.90. The zero-order valence-electron chi connectivity index (χ0n) is 20.5. The Morgan fingerprint density at radius 1 is 0.895 bits per heavy atom. The Hall–Kier alpha value is -4.35. The average molecular weight is 540 g/mol. The highest BCUT2D eigenvalue weighted by molar-refractivity contribution is 6.31. The summed E-state index contributed by atoms with van der Waals surface area (Å²) in [5.41, 5.74) is 0.918. The lowest BCUT2D eigenvalue weighted by atomic mass is 9.89. The van der Waals surface area contributed by atoms with E-state index in [9.17, 15) is 19.7 Å². The normalized spacial score (nSPS) is 20.5. The number of carbonyl (C=O) groups excluding carboxylic acids is 2. The number of nitrogens with zero attached hydrogens (tertiary/aromatic N) is 3. The number of non-ortho nitro benzene ring substituents is 1. The predicted molar refractivity (Wildman–Crippen MR) is 137 cm³/mol. The van der Waals surface area contributed by atoms with Crippen LogP contribution in [0.5, 0.6) is 17.2 Å². The van der Waals surface area contributed by atoms with Crippen LogP contribution in [0.1, 0.15) is 11.6 Å². The van der Waals surface area contributed by atoms with Gasteiger partial charge in [-0.1, -0.05) is 17.7 Å². The molecule has 0 aliphatic carbocycles. The second-order valence-corrected chi connectivity index (χ2v) is 8.95. The van der Waals surface area contributed by atoms with Crippen LogP contribution in [0, 0.1) is 16.0 Å². The SMILES string of the molecule is COc1ccc([C@H]2[C@H]3C(=O)N(c4ccc(Cl)cc4)C(=O)[C@H]3ON2c2cccc([N+](=O)[O-])c2)c(OC)c1OC. The Labute approximate surface area is 222 Å². The van der Waals surface area contributed by atoms with Gasteiger partial charge < -0.3 is 14.2 Å². The zero-order chi connectivity index (χ0) is 27.1. The van der Waals surface area contributed by atoms with Gasteiger partial charge in [0.05, 0.1) is 37.6 Å². The predicted octanol–water partition coefficient (Wildman–Crippen LogP) is 4.33. The van der Waals surface area contributed by atoms with Gasteiger partial charge in [-0.15, -0.1) is 0 Å². The summed E-state index contributed by atoms with van der Waals surface area (Å²) in [6.45, 7) is 0. The third-order valence-electron chi connectivity index (χ3n) is 6.55. The smallest absolute Gasteiger partial charge is 0.271 e. The van der Waals surface area contributed by atoms with Crippen molar-refractivity contribution in [3.63, 3.8) is 0 Å². The number of methoxy groups -OCH3 is 3. The van der Waals surface area contributed by atoms with Crippen LogP contribution >= 0.6 is 11.6 Å². The van der Waals surface area contributed by atoms with Crippen LogP contribution in [0.3, 0.4) is 0 Å². The molecular weight excluding hydrogens is 518 g/mol. The summed E-state index contributed by atoms with van der Waals surface area (Å²) in [4.78, 5) is 45.5. The van der Waals surface area contributed by atoms with Crippen LogP contribution in [-0.2, 0) is 14.4 Å². The van der Waals surface area contributed by atoms with Gasteiger partial charge in [-0.2, -0.15) is 0 Å². The van der Waals surface area contributed by atoms with Crippen molar-refractivity contribution in [3.05, 3.63) is 81.4 Å². The van der Waals surface area contributed by atoms with Crippen molar-refractivity contribution in [2.75, 3.05) is 31.3 Å². The molecule has 2 aliphatic heterocycles. The van der Waals surface area contributed by atoms with E-state index in [-0.39, 0.29) is 22.9 Å². The summed E-state index contributed by atoms with van der Waals surface area (Å²) in [7, 11) is 4.36. The van der Waals surface area contributed by atoms with E-state index in [1.54, 1.807) is 42.5 Å². The lowest BCUT2D eigenvalue weighted by Gasteiger charge is -2.30. The van der Waals surface area contributed by atoms with Crippen LogP contribution in [-0.4, -0.2) is 44.2 Å². The molecule has 0 unspecified atom stereocenters. The molecule has 2 heterocycles. The van der Waals surface area contributed by atoms with Gasteiger partial charge in [0.2, 0.25) is 11.7 Å². The van der Waals surface area contributed by atoms with Gasteiger partial charge >= 0.3 is 0 Å². The van der Waals surface area contributed by atoms with Gasteiger partial charge in [0, 0.05) is 22.7 Å². The van der Waals surface area contributed by atoms with E-state index >= 15 is 0 Å². The quantitative estimate of drug-likeness (QED) is 0.245. The molecule has 3 aromatic carbocycles. The molecule has 2 fully saturated rings. The van der Waals surface area contributed by atoms with Gasteiger partial charge in [0.15, 0.2) is 17.6 Å². The zero-order valence-corrected chi connectivity index (χ0v) is 21.2. The Balaban J connectivity index is 1.67. The van der Waals surface area contributed by atoms with E-state index in [2.05, 4.69) is 0 Å². The first-order valence-corrected chi connectivity index (χ1v) is 11.8. The highest BCUT2D eigenvalue weighted by Crippen LogP contribution is 2.52. The van der Waals surface area contributed by atoms with E-state index in [1.165, 1.54) is 44.6 Å². The van der Waals surface area contributed by atoms with Crippen molar-refractivity contribution in [1.82, 2.24) is 0 Å². The van der Waals surface area contributed by atoms with Crippen molar-refractivity contribution in [3.8, 4) is 17.2 Å². The van der Waals surface area contributed by atoms with Crippen molar-refractivity contribution >= 4 is 40.5 Å². The topological polar surface area (TPSA) is 121 Å². The second-order valence-electron chi connectivity index (χ2n) is 8.51. The fraction of sp³-hybridized carbons (Fsp3) is 0.231. The van der Waals surface area contributed by atoms with Crippen molar-refractivity contribution in [1.29, 1.82) is 0 Å². The molecule has 0 saturated carbocycles. The number of fused-ring (bicyclic) bond motifs is 1. The lowest BCUT2D eigenvalue weighted by molar-refractivity contribution is -0.384. The third-order valence-corrected chi connectivity index (χ3v) is 6.80. The minimum absolute atomic E-state index is 0.179. The van der Waals surface area contributed by atoms with Crippen molar-refractivity contribution in [2.24, 2.45) is 5.92 Å². The average Bonchev–Trinajstić information content (AvgIpc) is 3.43. The number of rotatable bonds is 7. The van der Waals surface area contributed by atoms with Crippen LogP contribution < -0.4 is 24.2 Å². The number of nitro groups is 1. The summed E-state index contributed by atoms with van der Waals surface area (Å²) in [6, 6.07) is 14.5. The van der Waals surface area contributed by atoms with Crippen LogP contribution in [0.15, 0.2) is 60.7 Å². The Morgan fingerprint density at radius 2 is 1.61 bits per heavy atom. The molecule has 38 heavy (non-hydrogen) atoms. The number of ether oxygens (including phenoxy) is 3. The summed E-state index contributed by atoms with van der Waals surface area (Å²) in [5, 5.41) is 13.3. The highest BCUT2D eigenvalue weighted by atomic mass is 35.5. The molecule has 196 valence electrons. The molecule has 5 rings (SSSR count). The van der Waals surface area contributed by atoms with Gasteiger partial charge in [-0.25, -0.2) is 9.96 Å². The summed E-state index contributed by atoms with van der Waals surface area (Å²) < 4.78 is 16.6. The first kappa shape index (κ1) is 25.3. The number of amides is 2. The number of hydrogen-bond donors (Lipinski definition) is 0. The maximum Gasteiger partial charge on any atom is 0.271 e. The van der Waals surface area contributed by atoms with Crippen molar-refractivity contribution < 1.29 is 33.6 Å². The number of hydrogen-bond acceptors (Lipinski definition) is 9. The van der Waals surface area contributed by atoms with E-state index < -0.39 is 34.8 Å². The largest absolute Gasteiger partial charge is 0.493 e. The van der Waals surface area contributed by atoms with Crippen LogP contribution in [0.25, 0.3) is 0 Å². The number of halogens is 1. The monoisotopic (exact) mass is 539 g/mol. The Morgan fingerprint density at radius 3 is 2.24 bits per heavy atom. The van der Waals surface area contributed by atoms with Gasteiger partial charge in [-0.3, -0.25) is 24.5 Å². The minimum atomic E-state index is -1.19. The van der Waals surface area contributed by atoms with Crippen LogP contribution in [0.2, 0.25) is 5.02 Å². The van der Waals surface area contributed by atoms with Gasteiger partial charge in [0.1, 0.15) is 12.0 Å². The fourth-order valence-corrected chi connectivity index (χ4v) is 5.03. The first-order chi connectivity index (χ1) is 18.3. The van der Waals surface area contributed by atoms with Gasteiger partial charge in [-0.05, 0) is 42.5 Å². The molecule has 0 radical (unpaired) electrons. The number of anilines is 2. The number of hydroxylamine groups is 1. The molecule has 0 N–H and O–H groups in total. The van der Waals surface area contributed by atoms with Gasteiger partial charge in [0.25, 0.3) is 11.6 Å². The molecule has 0 bridgehead atoms. The molecule has 2 aliphatic rings. The summed E-state index contributed by atoms with van der Waals surface area (Å²) in [6.07, 6.45) is -1.19. The maximum atomic E-state index is 13.9. The number of imide groups is 1. The summed E-state index contributed by atoms with van der Waals surface area (Å²) >= 11 is 6.00.